The fourth-order valence-electron chi connectivity index (χ4n) is 1.22. The molecule has 0 aliphatic rings. The number of carbonyl (C=O) groups is 2. The van der Waals surface area contributed by atoms with E-state index in [-0.39, 0.29) is 18.9 Å². The minimum Gasteiger partial charge on any atom is -0.462 e. The smallest absolute Gasteiger partial charge is 0.338 e. The minimum absolute atomic E-state index is 0.0784. The van der Waals surface area contributed by atoms with Crippen molar-refractivity contribution in [2.75, 3.05) is 18.9 Å². The molecule has 0 unspecified atom stereocenters. The molecule has 0 radical (unpaired) electrons. The van der Waals surface area contributed by atoms with Crippen molar-refractivity contribution in [3.63, 3.8) is 0 Å². The van der Waals surface area contributed by atoms with Crippen LogP contribution < -0.4 is 11.1 Å². The number of anilines is 1. The highest BCUT2D eigenvalue weighted by Gasteiger charge is 2.07. The molecule has 0 aromatic heterocycles. The summed E-state index contributed by atoms with van der Waals surface area (Å²) in [6.07, 6.45) is 0.175. The number of hydrogen-bond donors (Lipinski definition) is 2. The number of ether oxygens (including phenoxy) is 1. The summed E-state index contributed by atoms with van der Waals surface area (Å²) in [7, 11) is 0. The van der Waals surface area contributed by atoms with E-state index in [1.165, 1.54) is 0 Å². The van der Waals surface area contributed by atoms with Crippen molar-refractivity contribution in [3.8, 4) is 0 Å². The molecular formula is C12H16N2O3. The van der Waals surface area contributed by atoms with Gasteiger partial charge in [-0.2, -0.15) is 0 Å². The Balaban J connectivity index is 2.35. The molecule has 0 bridgehead atoms. The molecule has 17 heavy (non-hydrogen) atoms. The first-order chi connectivity index (χ1) is 8.13. The zero-order chi connectivity index (χ0) is 12.7. The lowest BCUT2D eigenvalue weighted by Gasteiger charge is -2.05. The highest BCUT2D eigenvalue weighted by molar-refractivity contribution is 5.90. The summed E-state index contributed by atoms with van der Waals surface area (Å²) in [6, 6.07) is 6.42. The lowest BCUT2D eigenvalue weighted by molar-refractivity contribution is -0.121. The van der Waals surface area contributed by atoms with Gasteiger partial charge < -0.3 is 15.8 Å². The van der Waals surface area contributed by atoms with Gasteiger partial charge in [0.25, 0.3) is 0 Å². The van der Waals surface area contributed by atoms with Crippen molar-refractivity contribution in [2.45, 2.75) is 13.3 Å². The number of nitrogen functional groups attached to an aromatic ring is 1. The zero-order valence-corrected chi connectivity index (χ0v) is 9.73. The number of nitrogens with one attached hydrogen (secondary N) is 1. The van der Waals surface area contributed by atoms with Crippen LogP contribution in [0.15, 0.2) is 24.3 Å². The van der Waals surface area contributed by atoms with E-state index in [1.54, 1.807) is 24.3 Å². The Morgan fingerprint density at radius 3 is 2.53 bits per heavy atom. The second kappa shape index (κ2) is 6.52. The number of amides is 1. The van der Waals surface area contributed by atoms with Gasteiger partial charge in [-0.15, -0.1) is 0 Å². The third-order valence-electron chi connectivity index (χ3n) is 2.08. The maximum atomic E-state index is 11.5. The number of nitrogens with two attached hydrogens (primary N) is 1. The highest BCUT2D eigenvalue weighted by atomic mass is 16.5. The average molecular weight is 236 g/mol. The molecule has 0 saturated carbocycles. The van der Waals surface area contributed by atoms with Crippen LogP contribution in [-0.4, -0.2) is 25.0 Å². The Morgan fingerprint density at radius 1 is 1.29 bits per heavy atom. The molecule has 1 amide bonds. The van der Waals surface area contributed by atoms with Crippen molar-refractivity contribution in [1.29, 1.82) is 0 Å². The fourth-order valence-corrected chi connectivity index (χ4v) is 1.22. The first-order valence-corrected chi connectivity index (χ1v) is 5.43. The van der Waals surface area contributed by atoms with Crippen LogP contribution >= 0.6 is 0 Å². The molecule has 0 saturated heterocycles. The van der Waals surface area contributed by atoms with Crippen LogP contribution in [0, 0.1) is 0 Å². The second-order valence-electron chi connectivity index (χ2n) is 3.46. The molecule has 5 nitrogen and oxygen atoms in total. The number of hydrogen-bond acceptors (Lipinski definition) is 4. The predicted molar refractivity (Wildman–Crippen MR) is 64.4 cm³/mol. The molecule has 3 N–H and O–H groups in total. The molecule has 92 valence electrons. The number of carbonyl (C=O) groups excluding carboxylic acids is 2. The topological polar surface area (TPSA) is 81.4 Å². The number of esters is 1. The summed E-state index contributed by atoms with van der Waals surface area (Å²) in [5.41, 5.74) is 6.51. The number of rotatable bonds is 5. The van der Waals surface area contributed by atoms with E-state index in [4.69, 9.17) is 10.5 Å². The molecule has 0 heterocycles. The lowest BCUT2D eigenvalue weighted by atomic mass is 10.2. The molecule has 0 fully saturated rings. The van der Waals surface area contributed by atoms with Crippen molar-refractivity contribution in [1.82, 2.24) is 5.32 Å². The Kier molecular flexibility index (Phi) is 5.00. The quantitative estimate of drug-likeness (QED) is 0.589. The Morgan fingerprint density at radius 2 is 1.94 bits per heavy atom. The maximum Gasteiger partial charge on any atom is 0.338 e. The van der Waals surface area contributed by atoms with Gasteiger partial charge in [0.15, 0.2) is 0 Å². The summed E-state index contributed by atoms with van der Waals surface area (Å²) in [4.78, 5) is 22.6. The molecule has 1 rings (SSSR count). The monoisotopic (exact) mass is 236 g/mol. The summed E-state index contributed by atoms with van der Waals surface area (Å²) in [6.45, 7) is 2.48. The van der Waals surface area contributed by atoms with Gasteiger partial charge in [0.05, 0.1) is 12.0 Å². The van der Waals surface area contributed by atoms with Gasteiger partial charge >= 0.3 is 5.97 Å². The van der Waals surface area contributed by atoms with Crippen LogP contribution in [0.4, 0.5) is 5.69 Å². The van der Waals surface area contributed by atoms with E-state index >= 15 is 0 Å². The van der Waals surface area contributed by atoms with E-state index in [9.17, 15) is 9.59 Å². The molecule has 0 aliphatic heterocycles. The van der Waals surface area contributed by atoms with Gasteiger partial charge in [-0.25, -0.2) is 4.79 Å². The molecule has 1 aromatic rings. The Labute approximate surface area is 99.9 Å². The standard InChI is InChI=1S/C12H16N2O3/c1-2-14-11(15)7-8-17-12(16)9-3-5-10(13)6-4-9/h3-6H,2,7-8,13H2,1H3,(H,14,15). The van der Waals surface area contributed by atoms with Crippen molar-refractivity contribution in [2.24, 2.45) is 0 Å². The van der Waals surface area contributed by atoms with Crippen LogP contribution in [0.5, 0.6) is 0 Å². The van der Waals surface area contributed by atoms with E-state index in [1.807, 2.05) is 6.92 Å². The SMILES string of the molecule is CCNC(=O)CCOC(=O)c1ccc(N)cc1. The van der Waals surface area contributed by atoms with E-state index < -0.39 is 5.97 Å². The maximum absolute atomic E-state index is 11.5. The van der Waals surface area contributed by atoms with Gasteiger partial charge in [-0.1, -0.05) is 0 Å². The van der Waals surface area contributed by atoms with Gasteiger partial charge in [0.1, 0.15) is 6.61 Å². The second-order valence-corrected chi connectivity index (χ2v) is 3.46. The molecule has 0 atom stereocenters. The molecule has 0 spiro atoms. The minimum atomic E-state index is -0.450. The van der Waals surface area contributed by atoms with Crippen molar-refractivity contribution in [3.05, 3.63) is 29.8 Å². The van der Waals surface area contributed by atoms with E-state index in [0.29, 0.717) is 17.8 Å². The average Bonchev–Trinajstić information content (AvgIpc) is 2.30. The van der Waals surface area contributed by atoms with Crippen LogP contribution in [0.25, 0.3) is 0 Å². The van der Waals surface area contributed by atoms with Gasteiger partial charge in [-0.3, -0.25) is 4.79 Å². The normalized spacial score (nSPS) is 9.71. The van der Waals surface area contributed by atoms with Gasteiger partial charge in [-0.05, 0) is 31.2 Å². The van der Waals surface area contributed by atoms with Crippen LogP contribution in [0.1, 0.15) is 23.7 Å². The molecular weight excluding hydrogens is 220 g/mol. The first-order valence-electron chi connectivity index (χ1n) is 5.43. The molecule has 5 heteroatoms. The van der Waals surface area contributed by atoms with Crippen LogP contribution in [-0.2, 0) is 9.53 Å². The summed E-state index contributed by atoms with van der Waals surface area (Å²) in [5, 5.41) is 2.62. The van der Waals surface area contributed by atoms with Gasteiger partial charge in [0, 0.05) is 12.2 Å². The third-order valence-corrected chi connectivity index (χ3v) is 2.08. The molecule has 0 aliphatic carbocycles. The summed E-state index contributed by atoms with van der Waals surface area (Å²) < 4.78 is 4.94. The molecule has 1 aromatic carbocycles. The van der Waals surface area contributed by atoms with Crippen LogP contribution in [0.3, 0.4) is 0 Å². The van der Waals surface area contributed by atoms with Gasteiger partial charge in [0.2, 0.25) is 5.91 Å². The van der Waals surface area contributed by atoms with E-state index in [2.05, 4.69) is 5.32 Å². The highest BCUT2D eigenvalue weighted by Crippen LogP contribution is 2.06. The van der Waals surface area contributed by atoms with Crippen LogP contribution in [0.2, 0.25) is 0 Å². The third kappa shape index (κ3) is 4.55. The largest absolute Gasteiger partial charge is 0.462 e. The van der Waals surface area contributed by atoms with Crippen molar-refractivity contribution >= 4 is 17.6 Å². The fraction of sp³-hybridized carbons (Fsp3) is 0.333. The van der Waals surface area contributed by atoms with Crippen molar-refractivity contribution < 1.29 is 14.3 Å². The zero-order valence-electron chi connectivity index (χ0n) is 9.73. The van der Waals surface area contributed by atoms with E-state index in [0.717, 1.165) is 0 Å². The lowest BCUT2D eigenvalue weighted by Crippen LogP contribution is -2.24. The predicted octanol–water partition coefficient (Wildman–Crippen LogP) is 0.952. The summed E-state index contributed by atoms with van der Waals surface area (Å²) in [5.74, 6) is -0.577. The first kappa shape index (κ1) is 13.0. The number of benzene rings is 1. The Bertz CT molecular complexity index is 387. The Hall–Kier alpha value is -2.04. The summed E-state index contributed by atoms with van der Waals surface area (Å²) >= 11 is 0.